The van der Waals surface area contributed by atoms with E-state index in [0.717, 1.165) is 12.8 Å². The molecule has 0 spiro atoms. The second-order valence-corrected chi connectivity index (χ2v) is 4.65. The number of hydrogen-bond acceptors (Lipinski definition) is 1. The standard InChI is InChI=1S/C11H20O/c12-11(8-4-1-5-9-11)10-6-2-3-7-10/h10,12H,1-9H2. The van der Waals surface area contributed by atoms with Crippen molar-refractivity contribution in [1.29, 1.82) is 0 Å². The Kier molecular flexibility index (Phi) is 2.40. The topological polar surface area (TPSA) is 20.2 Å². The Hall–Kier alpha value is -0.0400. The van der Waals surface area contributed by atoms with Crippen molar-refractivity contribution >= 4 is 0 Å². The van der Waals surface area contributed by atoms with Crippen molar-refractivity contribution in [3.8, 4) is 0 Å². The highest BCUT2D eigenvalue weighted by Gasteiger charge is 2.38. The first kappa shape index (κ1) is 8.55. The van der Waals surface area contributed by atoms with Gasteiger partial charge in [0.2, 0.25) is 0 Å². The minimum absolute atomic E-state index is 0.241. The molecule has 2 rings (SSSR count). The van der Waals surface area contributed by atoms with Crippen LogP contribution >= 0.6 is 0 Å². The van der Waals surface area contributed by atoms with E-state index in [0.29, 0.717) is 5.92 Å². The summed E-state index contributed by atoms with van der Waals surface area (Å²) in [5.74, 6) is 0.651. The molecule has 0 aromatic rings. The lowest BCUT2D eigenvalue weighted by molar-refractivity contribution is -0.0469. The Bertz CT molecular complexity index is 141. The summed E-state index contributed by atoms with van der Waals surface area (Å²) in [6.45, 7) is 0. The van der Waals surface area contributed by atoms with Gasteiger partial charge in [-0.25, -0.2) is 0 Å². The number of rotatable bonds is 1. The summed E-state index contributed by atoms with van der Waals surface area (Å²) in [4.78, 5) is 0. The van der Waals surface area contributed by atoms with Gasteiger partial charge in [-0.1, -0.05) is 32.1 Å². The normalized spacial score (nSPS) is 30.8. The Balaban J connectivity index is 1.97. The van der Waals surface area contributed by atoms with Crippen LogP contribution in [0.15, 0.2) is 0 Å². The van der Waals surface area contributed by atoms with E-state index in [2.05, 4.69) is 0 Å². The zero-order valence-corrected chi connectivity index (χ0v) is 7.89. The van der Waals surface area contributed by atoms with Gasteiger partial charge >= 0.3 is 0 Å². The van der Waals surface area contributed by atoms with E-state index < -0.39 is 0 Å². The van der Waals surface area contributed by atoms with Gasteiger partial charge in [-0.15, -0.1) is 0 Å². The molecule has 1 heteroatoms. The van der Waals surface area contributed by atoms with E-state index in [4.69, 9.17) is 0 Å². The van der Waals surface area contributed by atoms with Crippen LogP contribution in [0.4, 0.5) is 0 Å². The van der Waals surface area contributed by atoms with Crippen LogP contribution in [0, 0.1) is 5.92 Å². The summed E-state index contributed by atoms with van der Waals surface area (Å²) in [7, 11) is 0. The fourth-order valence-corrected chi connectivity index (χ4v) is 3.04. The third-order valence-electron chi connectivity index (χ3n) is 3.83. The second kappa shape index (κ2) is 3.37. The van der Waals surface area contributed by atoms with Crippen molar-refractivity contribution in [3.63, 3.8) is 0 Å². The highest BCUT2D eigenvalue weighted by molar-refractivity contribution is 4.91. The van der Waals surface area contributed by atoms with Crippen LogP contribution in [-0.4, -0.2) is 10.7 Å². The summed E-state index contributed by atoms with van der Waals surface area (Å²) >= 11 is 0. The smallest absolute Gasteiger partial charge is 0.0675 e. The van der Waals surface area contributed by atoms with Crippen molar-refractivity contribution in [2.24, 2.45) is 5.92 Å². The Labute approximate surface area is 75.2 Å². The van der Waals surface area contributed by atoms with E-state index in [-0.39, 0.29) is 5.60 Å². The van der Waals surface area contributed by atoms with Gasteiger partial charge in [0.05, 0.1) is 5.60 Å². The van der Waals surface area contributed by atoms with E-state index >= 15 is 0 Å². The summed E-state index contributed by atoms with van der Waals surface area (Å²) in [6, 6.07) is 0. The zero-order chi connectivity index (χ0) is 8.44. The van der Waals surface area contributed by atoms with Gasteiger partial charge in [0.25, 0.3) is 0 Å². The van der Waals surface area contributed by atoms with Crippen molar-refractivity contribution in [2.45, 2.75) is 63.4 Å². The van der Waals surface area contributed by atoms with Gasteiger partial charge in [-0.05, 0) is 31.6 Å². The lowest BCUT2D eigenvalue weighted by Gasteiger charge is -2.37. The minimum atomic E-state index is -0.241. The van der Waals surface area contributed by atoms with Gasteiger partial charge in [0, 0.05) is 0 Å². The summed E-state index contributed by atoms with van der Waals surface area (Å²) in [6.07, 6.45) is 11.3. The second-order valence-electron chi connectivity index (χ2n) is 4.65. The van der Waals surface area contributed by atoms with Crippen molar-refractivity contribution in [2.75, 3.05) is 0 Å². The molecule has 0 amide bonds. The Morgan fingerprint density at radius 1 is 0.833 bits per heavy atom. The molecule has 2 aliphatic carbocycles. The molecule has 0 heterocycles. The largest absolute Gasteiger partial charge is 0.390 e. The Morgan fingerprint density at radius 3 is 2.00 bits per heavy atom. The molecule has 12 heavy (non-hydrogen) atoms. The van der Waals surface area contributed by atoms with Gasteiger partial charge in [0.15, 0.2) is 0 Å². The molecule has 0 unspecified atom stereocenters. The molecule has 0 aromatic heterocycles. The van der Waals surface area contributed by atoms with E-state index in [1.54, 1.807) is 0 Å². The predicted molar refractivity (Wildman–Crippen MR) is 50.0 cm³/mol. The predicted octanol–water partition coefficient (Wildman–Crippen LogP) is 2.87. The molecule has 2 fully saturated rings. The lowest BCUT2D eigenvalue weighted by atomic mass is 9.75. The molecule has 2 saturated carbocycles. The van der Waals surface area contributed by atoms with Gasteiger partial charge < -0.3 is 5.11 Å². The van der Waals surface area contributed by atoms with Crippen LogP contribution in [0.2, 0.25) is 0 Å². The van der Waals surface area contributed by atoms with Crippen molar-refractivity contribution < 1.29 is 5.11 Å². The molecule has 1 nitrogen and oxygen atoms in total. The molecule has 1 N–H and O–H groups in total. The summed E-state index contributed by atoms with van der Waals surface area (Å²) in [5, 5.41) is 10.4. The first-order chi connectivity index (χ1) is 5.81. The average Bonchev–Trinajstić information content (AvgIpc) is 2.58. The molecule has 0 atom stereocenters. The average molecular weight is 168 g/mol. The van der Waals surface area contributed by atoms with E-state index in [1.807, 2.05) is 0 Å². The molecular formula is C11H20O. The summed E-state index contributed by atoms with van der Waals surface area (Å²) in [5.41, 5.74) is -0.241. The van der Waals surface area contributed by atoms with Crippen LogP contribution in [0.1, 0.15) is 57.8 Å². The zero-order valence-electron chi connectivity index (χ0n) is 7.89. The quantitative estimate of drug-likeness (QED) is 0.638. The molecule has 70 valence electrons. The maximum absolute atomic E-state index is 10.4. The van der Waals surface area contributed by atoms with Crippen LogP contribution in [0.25, 0.3) is 0 Å². The molecule has 0 bridgehead atoms. The third-order valence-corrected chi connectivity index (χ3v) is 3.83. The highest BCUT2D eigenvalue weighted by Crippen LogP contribution is 2.42. The van der Waals surface area contributed by atoms with Crippen molar-refractivity contribution in [3.05, 3.63) is 0 Å². The number of aliphatic hydroxyl groups is 1. The van der Waals surface area contributed by atoms with Gasteiger partial charge in [0.1, 0.15) is 0 Å². The minimum Gasteiger partial charge on any atom is -0.390 e. The van der Waals surface area contributed by atoms with Crippen LogP contribution in [0.5, 0.6) is 0 Å². The van der Waals surface area contributed by atoms with Gasteiger partial charge in [-0.3, -0.25) is 0 Å². The summed E-state index contributed by atoms with van der Waals surface area (Å²) < 4.78 is 0. The maximum Gasteiger partial charge on any atom is 0.0675 e. The third kappa shape index (κ3) is 1.52. The molecule has 0 aliphatic heterocycles. The van der Waals surface area contributed by atoms with Crippen LogP contribution in [0.3, 0.4) is 0 Å². The van der Waals surface area contributed by atoms with Gasteiger partial charge in [-0.2, -0.15) is 0 Å². The SMILES string of the molecule is OC1(C2CCCC2)CCCCC1. The molecular weight excluding hydrogens is 148 g/mol. The molecule has 2 aliphatic rings. The number of hydrogen-bond donors (Lipinski definition) is 1. The Morgan fingerprint density at radius 2 is 1.42 bits per heavy atom. The van der Waals surface area contributed by atoms with E-state index in [1.165, 1.54) is 44.9 Å². The molecule has 0 saturated heterocycles. The fraction of sp³-hybridized carbons (Fsp3) is 1.00. The first-order valence-corrected chi connectivity index (χ1v) is 5.54. The highest BCUT2D eigenvalue weighted by atomic mass is 16.3. The molecule has 0 radical (unpaired) electrons. The first-order valence-electron chi connectivity index (χ1n) is 5.54. The van der Waals surface area contributed by atoms with E-state index in [9.17, 15) is 5.11 Å². The van der Waals surface area contributed by atoms with Crippen molar-refractivity contribution in [1.82, 2.24) is 0 Å². The monoisotopic (exact) mass is 168 g/mol. The lowest BCUT2D eigenvalue weighted by Crippen LogP contribution is -2.38. The maximum atomic E-state index is 10.4. The molecule has 0 aromatic carbocycles. The van der Waals surface area contributed by atoms with Crippen LogP contribution < -0.4 is 0 Å². The fourth-order valence-electron chi connectivity index (χ4n) is 3.04. The van der Waals surface area contributed by atoms with Crippen LogP contribution in [-0.2, 0) is 0 Å².